The van der Waals surface area contributed by atoms with Crippen LogP contribution in [0.2, 0.25) is 0 Å². The summed E-state index contributed by atoms with van der Waals surface area (Å²) < 4.78 is 0. The molecule has 0 saturated heterocycles. The predicted octanol–water partition coefficient (Wildman–Crippen LogP) is 2.86. The summed E-state index contributed by atoms with van der Waals surface area (Å²) in [5, 5.41) is 0. The van der Waals surface area contributed by atoms with Crippen molar-refractivity contribution in [2.75, 3.05) is 31.6 Å². The van der Waals surface area contributed by atoms with Crippen LogP contribution in [0, 0.1) is 0 Å². The first-order valence-corrected chi connectivity index (χ1v) is 6.45. The van der Waals surface area contributed by atoms with Crippen LogP contribution >= 0.6 is 11.8 Å². The number of hydrogen-bond acceptors (Lipinski definition) is 2. The SMILES string of the molecule is CCCCN(CCC)CCSC. The van der Waals surface area contributed by atoms with Crippen LogP contribution in [-0.4, -0.2) is 36.5 Å². The molecule has 0 rings (SSSR count). The molecule has 0 unspecified atom stereocenters. The van der Waals surface area contributed by atoms with Crippen LogP contribution in [0.25, 0.3) is 0 Å². The van der Waals surface area contributed by atoms with Crippen molar-refractivity contribution in [3.8, 4) is 0 Å². The summed E-state index contributed by atoms with van der Waals surface area (Å²) in [5.74, 6) is 1.28. The Balaban J connectivity index is 3.40. The number of rotatable bonds is 8. The van der Waals surface area contributed by atoms with Gasteiger partial charge in [-0.1, -0.05) is 20.3 Å². The average molecular weight is 189 g/mol. The van der Waals surface area contributed by atoms with Gasteiger partial charge in [0.15, 0.2) is 0 Å². The molecule has 74 valence electrons. The maximum atomic E-state index is 2.58. The normalized spacial score (nSPS) is 11.0. The zero-order valence-corrected chi connectivity index (χ0v) is 9.62. The fourth-order valence-electron chi connectivity index (χ4n) is 1.25. The van der Waals surface area contributed by atoms with E-state index < -0.39 is 0 Å². The average Bonchev–Trinajstić information content (AvgIpc) is 2.10. The summed E-state index contributed by atoms with van der Waals surface area (Å²) in [5.41, 5.74) is 0. The van der Waals surface area contributed by atoms with E-state index in [4.69, 9.17) is 0 Å². The Morgan fingerprint density at radius 3 is 2.25 bits per heavy atom. The third-order valence-corrected chi connectivity index (χ3v) is 2.57. The van der Waals surface area contributed by atoms with Crippen LogP contribution in [0.15, 0.2) is 0 Å². The quantitative estimate of drug-likeness (QED) is 0.577. The minimum Gasteiger partial charge on any atom is -0.303 e. The summed E-state index contributed by atoms with van der Waals surface area (Å²) in [6, 6.07) is 0. The molecule has 0 radical (unpaired) electrons. The molecule has 0 aromatic heterocycles. The summed E-state index contributed by atoms with van der Waals surface area (Å²) in [6.07, 6.45) is 6.15. The van der Waals surface area contributed by atoms with Crippen LogP contribution in [0.3, 0.4) is 0 Å². The lowest BCUT2D eigenvalue weighted by atomic mass is 10.3. The minimum absolute atomic E-state index is 1.27. The van der Waals surface area contributed by atoms with E-state index in [0.717, 1.165) is 0 Å². The van der Waals surface area contributed by atoms with Crippen molar-refractivity contribution in [3.63, 3.8) is 0 Å². The van der Waals surface area contributed by atoms with Gasteiger partial charge in [0.2, 0.25) is 0 Å². The highest BCUT2D eigenvalue weighted by molar-refractivity contribution is 7.98. The van der Waals surface area contributed by atoms with E-state index in [1.807, 2.05) is 11.8 Å². The van der Waals surface area contributed by atoms with Gasteiger partial charge in [0, 0.05) is 12.3 Å². The zero-order valence-electron chi connectivity index (χ0n) is 8.81. The molecule has 2 heteroatoms. The first-order valence-electron chi connectivity index (χ1n) is 5.06. The summed E-state index contributed by atoms with van der Waals surface area (Å²) >= 11 is 1.95. The van der Waals surface area contributed by atoms with Crippen LogP contribution < -0.4 is 0 Å². The molecular formula is C10H23NS. The molecule has 0 atom stereocenters. The lowest BCUT2D eigenvalue weighted by molar-refractivity contribution is 0.286. The van der Waals surface area contributed by atoms with Gasteiger partial charge in [0.1, 0.15) is 0 Å². The fourth-order valence-corrected chi connectivity index (χ4v) is 1.69. The van der Waals surface area contributed by atoms with Gasteiger partial charge in [-0.2, -0.15) is 11.8 Å². The van der Waals surface area contributed by atoms with Crippen molar-refractivity contribution < 1.29 is 0 Å². The van der Waals surface area contributed by atoms with Crippen LogP contribution in [0.1, 0.15) is 33.1 Å². The predicted molar refractivity (Wildman–Crippen MR) is 60.0 cm³/mol. The molecule has 0 aliphatic carbocycles. The molecule has 1 nitrogen and oxygen atoms in total. The van der Waals surface area contributed by atoms with Crippen LogP contribution in [0.4, 0.5) is 0 Å². The molecule has 0 aliphatic heterocycles. The Morgan fingerprint density at radius 1 is 1.00 bits per heavy atom. The maximum Gasteiger partial charge on any atom is 0.00722 e. The van der Waals surface area contributed by atoms with E-state index in [9.17, 15) is 0 Å². The van der Waals surface area contributed by atoms with Crippen LogP contribution in [-0.2, 0) is 0 Å². The molecule has 0 heterocycles. The van der Waals surface area contributed by atoms with E-state index in [2.05, 4.69) is 25.0 Å². The fraction of sp³-hybridized carbons (Fsp3) is 1.00. The number of nitrogens with zero attached hydrogens (tertiary/aromatic N) is 1. The van der Waals surface area contributed by atoms with E-state index in [-0.39, 0.29) is 0 Å². The smallest absolute Gasteiger partial charge is 0.00722 e. The van der Waals surface area contributed by atoms with Gasteiger partial charge in [0.05, 0.1) is 0 Å². The Labute approximate surface area is 81.9 Å². The Morgan fingerprint density at radius 2 is 1.75 bits per heavy atom. The van der Waals surface area contributed by atoms with Crippen molar-refractivity contribution in [2.24, 2.45) is 0 Å². The molecule has 0 saturated carbocycles. The van der Waals surface area contributed by atoms with Gasteiger partial charge in [-0.15, -0.1) is 0 Å². The lowest BCUT2D eigenvalue weighted by Crippen LogP contribution is -2.28. The molecule has 0 spiro atoms. The second kappa shape index (κ2) is 9.40. The number of hydrogen-bond donors (Lipinski definition) is 0. The number of thioether (sulfide) groups is 1. The second-order valence-corrected chi connectivity index (χ2v) is 4.17. The molecule has 12 heavy (non-hydrogen) atoms. The molecule has 0 aromatic carbocycles. The molecule has 0 fully saturated rings. The largest absolute Gasteiger partial charge is 0.303 e. The van der Waals surface area contributed by atoms with E-state index >= 15 is 0 Å². The third-order valence-electron chi connectivity index (χ3n) is 1.98. The molecule has 0 amide bonds. The Kier molecular flexibility index (Phi) is 9.64. The first-order chi connectivity index (χ1) is 5.85. The maximum absolute atomic E-state index is 2.58. The second-order valence-electron chi connectivity index (χ2n) is 3.19. The van der Waals surface area contributed by atoms with Crippen molar-refractivity contribution in [3.05, 3.63) is 0 Å². The van der Waals surface area contributed by atoms with Gasteiger partial charge in [0.25, 0.3) is 0 Å². The Bertz CT molecular complexity index is 77.9. The highest BCUT2D eigenvalue weighted by Gasteiger charge is 2.00. The van der Waals surface area contributed by atoms with E-state index in [1.165, 1.54) is 44.6 Å². The first kappa shape index (κ1) is 12.3. The van der Waals surface area contributed by atoms with E-state index in [0.29, 0.717) is 0 Å². The molecular weight excluding hydrogens is 166 g/mol. The van der Waals surface area contributed by atoms with E-state index in [1.54, 1.807) is 0 Å². The number of unbranched alkanes of at least 4 members (excludes halogenated alkanes) is 1. The standard InChI is InChI=1S/C10H23NS/c1-4-6-8-11(7-5-2)9-10-12-3/h4-10H2,1-3H3. The monoisotopic (exact) mass is 189 g/mol. The summed E-state index contributed by atoms with van der Waals surface area (Å²) in [4.78, 5) is 2.58. The molecule has 0 bridgehead atoms. The van der Waals surface area contributed by atoms with Gasteiger partial charge < -0.3 is 4.90 Å². The summed E-state index contributed by atoms with van der Waals surface area (Å²) in [7, 11) is 0. The van der Waals surface area contributed by atoms with Gasteiger partial charge in [-0.05, 0) is 32.2 Å². The Hall–Kier alpha value is 0.310. The highest BCUT2D eigenvalue weighted by Crippen LogP contribution is 1.99. The van der Waals surface area contributed by atoms with Crippen LogP contribution in [0.5, 0.6) is 0 Å². The van der Waals surface area contributed by atoms with Gasteiger partial charge in [-0.3, -0.25) is 0 Å². The summed E-state index contributed by atoms with van der Waals surface area (Å²) in [6.45, 7) is 8.37. The minimum atomic E-state index is 1.27. The third kappa shape index (κ3) is 6.99. The van der Waals surface area contributed by atoms with Crippen molar-refractivity contribution in [1.82, 2.24) is 4.90 Å². The van der Waals surface area contributed by atoms with Crippen molar-refractivity contribution in [1.29, 1.82) is 0 Å². The topological polar surface area (TPSA) is 3.24 Å². The van der Waals surface area contributed by atoms with Gasteiger partial charge in [-0.25, -0.2) is 0 Å². The molecule has 0 aliphatic rings. The molecule has 0 aromatic rings. The van der Waals surface area contributed by atoms with Crippen molar-refractivity contribution in [2.45, 2.75) is 33.1 Å². The van der Waals surface area contributed by atoms with Crippen molar-refractivity contribution >= 4 is 11.8 Å². The lowest BCUT2D eigenvalue weighted by Gasteiger charge is -2.20. The zero-order chi connectivity index (χ0) is 9.23. The molecule has 0 N–H and O–H groups in total. The van der Waals surface area contributed by atoms with Gasteiger partial charge >= 0.3 is 0 Å². The highest BCUT2D eigenvalue weighted by atomic mass is 32.2.